The van der Waals surface area contributed by atoms with Crippen LogP contribution in [0.2, 0.25) is 0 Å². The van der Waals surface area contributed by atoms with E-state index < -0.39 is 0 Å². The normalized spacial score (nSPS) is 27.6. The maximum atomic E-state index is 11.9. The van der Waals surface area contributed by atoms with E-state index >= 15 is 0 Å². The highest BCUT2D eigenvalue weighted by Gasteiger charge is 2.52. The summed E-state index contributed by atoms with van der Waals surface area (Å²) < 4.78 is 1.08. The van der Waals surface area contributed by atoms with Crippen LogP contribution in [0.5, 0.6) is 0 Å². The Morgan fingerprint density at radius 3 is 2.31 bits per heavy atom. The van der Waals surface area contributed by atoms with Crippen LogP contribution in [0.1, 0.15) is 18.4 Å². The Kier molecular flexibility index (Phi) is 3.06. The zero-order valence-electron chi connectivity index (χ0n) is 9.77. The molecule has 1 saturated carbocycles. The fourth-order valence-electron chi connectivity index (χ4n) is 2.34. The lowest BCUT2D eigenvalue weighted by Gasteiger charge is -2.09. The van der Waals surface area contributed by atoms with Crippen molar-refractivity contribution in [3.05, 3.63) is 34.3 Å². The van der Waals surface area contributed by atoms with E-state index in [4.69, 9.17) is 0 Å². The highest BCUT2D eigenvalue weighted by Crippen LogP contribution is 2.54. The van der Waals surface area contributed by atoms with Gasteiger partial charge in [-0.15, -0.1) is 0 Å². The zero-order valence-corrected chi connectivity index (χ0v) is 11.4. The topological polar surface area (TPSA) is 20.3 Å². The highest BCUT2D eigenvalue weighted by atomic mass is 79.9. The molecular weight excluding hydrogens is 266 g/mol. The molecule has 16 heavy (non-hydrogen) atoms. The predicted octanol–water partition coefficient (Wildman–Crippen LogP) is 2.89. The fourth-order valence-corrected chi connectivity index (χ4v) is 2.60. The standard InChI is InChI=1S/C13H16BrNO/c1-8-11(12(8)13(16)15(2)3)9-4-6-10(14)7-5-9/h4-8,11-12H,1-3H3. The van der Waals surface area contributed by atoms with Crippen LogP contribution in [-0.2, 0) is 4.79 Å². The number of rotatable bonds is 2. The van der Waals surface area contributed by atoms with Gasteiger partial charge in [-0.1, -0.05) is 35.0 Å². The minimum absolute atomic E-state index is 0.177. The molecule has 0 bridgehead atoms. The van der Waals surface area contributed by atoms with Crippen LogP contribution in [0.4, 0.5) is 0 Å². The van der Waals surface area contributed by atoms with Crippen molar-refractivity contribution in [3.8, 4) is 0 Å². The Labute approximate surface area is 105 Å². The van der Waals surface area contributed by atoms with E-state index in [0.717, 1.165) is 4.47 Å². The maximum absolute atomic E-state index is 11.9. The van der Waals surface area contributed by atoms with Crippen molar-refractivity contribution >= 4 is 21.8 Å². The second kappa shape index (κ2) is 4.21. The van der Waals surface area contributed by atoms with E-state index in [1.165, 1.54) is 5.56 Å². The molecule has 0 N–H and O–H groups in total. The average molecular weight is 282 g/mol. The molecule has 1 fully saturated rings. The van der Waals surface area contributed by atoms with Crippen LogP contribution >= 0.6 is 15.9 Å². The van der Waals surface area contributed by atoms with Crippen LogP contribution in [0.3, 0.4) is 0 Å². The van der Waals surface area contributed by atoms with E-state index in [1.807, 2.05) is 26.2 Å². The molecule has 3 atom stereocenters. The molecule has 1 amide bonds. The molecule has 3 unspecified atom stereocenters. The third-order valence-electron chi connectivity index (χ3n) is 3.36. The average Bonchev–Trinajstić information content (AvgIpc) is 2.90. The lowest BCUT2D eigenvalue weighted by atomic mass is 10.1. The molecule has 0 aliphatic heterocycles. The molecule has 86 valence electrons. The SMILES string of the molecule is CC1C(C(=O)N(C)C)C1c1ccc(Br)cc1. The van der Waals surface area contributed by atoms with Gasteiger partial charge in [0, 0.05) is 24.5 Å². The summed E-state index contributed by atoms with van der Waals surface area (Å²) in [6, 6.07) is 8.29. The molecular formula is C13H16BrNO. The van der Waals surface area contributed by atoms with Crippen molar-refractivity contribution in [2.75, 3.05) is 14.1 Å². The van der Waals surface area contributed by atoms with E-state index in [2.05, 4.69) is 35.0 Å². The van der Waals surface area contributed by atoms with Crippen molar-refractivity contribution in [1.82, 2.24) is 4.90 Å². The molecule has 0 heterocycles. The van der Waals surface area contributed by atoms with Gasteiger partial charge in [0.15, 0.2) is 0 Å². The van der Waals surface area contributed by atoms with Crippen LogP contribution in [-0.4, -0.2) is 24.9 Å². The summed E-state index contributed by atoms with van der Waals surface area (Å²) in [4.78, 5) is 13.6. The molecule has 2 nitrogen and oxygen atoms in total. The van der Waals surface area contributed by atoms with Gasteiger partial charge >= 0.3 is 0 Å². The summed E-state index contributed by atoms with van der Waals surface area (Å²) >= 11 is 3.42. The Balaban J connectivity index is 2.14. The number of benzene rings is 1. The largest absolute Gasteiger partial charge is 0.349 e. The second-order valence-electron chi connectivity index (χ2n) is 4.69. The lowest BCUT2D eigenvalue weighted by molar-refractivity contribution is -0.130. The molecule has 1 aromatic rings. The third kappa shape index (κ3) is 2.01. The lowest BCUT2D eigenvalue weighted by Crippen LogP contribution is -2.24. The molecule has 0 radical (unpaired) electrons. The second-order valence-corrected chi connectivity index (χ2v) is 5.61. The third-order valence-corrected chi connectivity index (χ3v) is 3.89. The maximum Gasteiger partial charge on any atom is 0.226 e. The van der Waals surface area contributed by atoms with Crippen molar-refractivity contribution in [3.63, 3.8) is 0 Å². The van der Waals surface area contributed by atoms with Crippen LogP contribution < -0.4 is 0 Å². The summed E-state index contributed by atoms with van der Waals surface area (Å²) in [6.45, 7) is 2.15. The Hall–Kier alpha value is -0.830. The molecule has 1 aliphatic rings. The van der Waals surface area contributed by atoms with Crippen LogP contribution in [0, 0.1) is 11.8 Å². The summed E-state index contributed by atoms with van der Waals surface area (Å²) in [5, 5.41) is 0. The predicted molar refractivity (Wildman–Crippen MR) is 68.2 cm³/mol. The smallest absolute Gasteiger partial charge is 0.226 e. The van der Waals surface area contributed by atoms with Gasteiger partial charge in [-0.3, -0.25) is 4.79 Å². The first-order valence-corrected chi connectivity index (χ1v) is 6.28. The van der Waals surface area contributed by atoms with Crippen LogP contribution in [0.15, 0.2) is 28.7 Å². The quantitative estimate of drug-likeness (QED) is 0.816. The molecule has 0 aromatic heterocycles. The van der Waals surface area contributed by atoms with Crippen molar-refractivity contribution in [2.45, 2.75) is 12.8 Å². The van der Waals surface area contributed by atoms with Gasteiger partial charge in [0.1, 0.15) is 0 Å². The van der Waals surface area contributed by atoms with E-state index in [9.17, 15) is 4.79 Å². The first-order valence-electron chi connectivity index (χ1n) is 5.49. The van der Waals surface area contributed by atoms with Gasteiger partial charge in [0.05, 0.1) is 0 Å². The highest BCUT2D eigenvalue weighted by molar-refractivity contribution is 9.10. The summed E-state index contributed by atoms with van der Waals surface area (Å²) in [7, 11) is 3.65. The zero-order chi connectivity index (χ0) is 11.9. The number of nitrogens with zero attached hydrogens (tertiary/aromatic N) is 1. The van der Waals surface area contributed by atoms with Gasteiger partial charge < -0.3 is 4.90 Å². The Morgan fingerprint density at radius 1 is 1.25 bits per heavy atom. The first-order chi connectivity index (χ1) is 7.52. The Bertz CT molecular complexity index is 399. The minimum atomic E-state index is 0.177. The minimum Gasteiger partial charge on any atom is -0.349 e. The number of hydrogen-bond donors (Lipinski definition) is 0. The fraction of sp³-hybridized carbons (Fsp3) is 0.462. The number of halogens is 1. The first kappa shape index (κ1) is 11.6. The number of amides is 1. The van der Waals surface area contributed by atoms with Gasteiger partial charge in [0.25, 0.3) is 0 Å². The van der Waals surface area contributed by atoms with E-state index in [1.54, 1.807) is 4.90 Å². The van der Waals surface area contributed by atoms with Crippen LogP contribution in [0.25, 0.3) is 0 Å². The molecule has 2 rings (SSSR count). The molecule has 0 spiro atoms. The van der Waals surface area contributed by atoms with E-state index in [-0.39, 0.29) is 11.8 Å². The summed E-state index contributed by atoms with van der Waals surface area (Å²) in [6.07, 6.45) is 0. The monoisotopic (exact) mass is 281 g/mol. The van der Waals surface area contributed by atoms with E-state index in [0.29, 0.717) is 11.8 Å². The molecule has 3 heteroatoms. The molecule has 1 aromatic carbocycles. The van der Waals surface area contributed by atoms with Gasteiger partial charge in [-0.2, -0.15) is 0 Å². The number of carbonyl (C=O) groups excluding carboxylic acids is 1. The summed E-state index contributed by atoms with van der Waals surface area (Å²) in [5.41, 5.74) is 1.27. The number of carbonyl (C=O) groups is 1. The van der Waals surface area contributed by atoms with Crippen molar-refractivity contribution in [1.29, 1.82) is 0 Å². The van der Waals surface area contributed by atoms with Gasteiger partial charge in [-0.05, 0) is 29.5 Å². The van der Waals surface area contributed by atoms with Crippen molar-refractivity contribution in [2.24, 2.45) is 11.8 Å². The van der Waals surface area contributed by atoms with Gasteiger partial charge in [-0.25, -0.2) is 0 Å². The summed E-state index contributed by atoms with van der Waals surface area (Å²) in [5.74, 6) is 1.30. The van der Waals surface area contributed by atoms with Gasteiger partial charge in [0.2, 0.25) is 5.91 Å². The number of hydrogen-bond acceptors (Lipinski definition) is 1. The van der Waals surface area contributed by atoms with Crippen molar-refractivity contribution < 1.29 is 4.79 Å². The molecule has 1 aliphatic carbocycles. The Morgan fingerprint density at radius 2 is 1.81 bits per heavy atom. The molecule has 0 saturated heterocycles.